The van der Waals surface area contributed by atoms with E-state index in [0.29, 0.717) is 17.3 Å². The van der Waals surface area contributed by atoms with Gasteiger partial charge in [0, 0.05) is 18.0 Å². The molecule has 8 nitrogen and oxygen atoms in total. The second-order valence-electron chi connectivity index (χ2n) is 8.02. The molecule has 3 heterocycles. The van der Waals surface area contributed by atoms with Crippen LogP contribution in [-0.2, 0) is 4.79 Å². The van der Waals surface area contributed by atoms with Crippen LogP contribution >= 0.6 is 0 Å². The van der Waals surface area contributed by atoms with Crippen molar-refractivity contribution in [1.29, 1.82) is 0 Å². The average molecular weight is 416 g/mol. The average Bonchev–Trinajstić information content (AvgIpc) is 3.52. The molecule has 3 aromatic rings. The van der Waals surface area contributed by atoms with Crippen molar-refractivity contribution < 1.29 is 9.21 Å². The van der Waals surface area contributed by atoms with E-state index in [-0.39, 0.29) is 29.5 Å². The highest BCUT2D eigenvalue weighted by Gasteiger charge is 2.30. The Morgan fingerprint density at radius 3 is 2.68 bits per heavy atom. The van der Waals surface area contributed by atoms with Crippen molar-refractivity contribution in [3.63, 3.8) is 0 Å². The minimum atomic E-state index is -0.275. The Hall–Kier alpha value is -3.39. The molecule has 1 saturated carbocycles. The van der Waals surface area contributed by atoms with E-state index >= 15 is 0 Å². The number of carbonyl (C=O) groups excluding carboxylic acids is 1. The van der Waals surface area contributed by atoms with Crippen LogP contribution in [0.25, 0.3) is 28.6 Å². The highest BCUT2D eigenvalue weighted by molar-refractivity contribution is 5.90. The zero-order valence-electron chi connectivity index (χ0n) is 17.1. The van der Waals surface area contributed by atoms with Gasteiger partial charge < -0.3 is 15.5 Å². The zero-order valence-corrected chi connectivity index (χ0v) is 17.1. The van der Waals surface area contributed by atoms with Gasteiger partial charge in [-0.25, -0.2) is 9.97 Å². The predicted octanol–water partition coefficient (Wildman–Crippen LogP) is 3.28. The third-order valence-electron chi connectivity index (χ3n) is 5.97. The second-order valence-corrected chi connectivity index (χ2v) is 8.02. The van der Waals surface area contributed by atoms with E-state index in [1.807, 2.05) is 36.4 Å². The van der Waals surface area contributed by atoms with Crippen LogP contribution in [0.3, 0.4) is 0 Å². The zero-order chi connectivity index (χ0) is 21.2. The van der Waals surface area contributed by atoms with Crippen LogP contribution in [0.5, 0.6) is 0 Å². The number of benzene rings is 1. The van der Waals surface area contributed by atoms with Gasteiger partial charge in [0.15, 0.2) is 17.3 Å². The molecule has 1 fully saturated rings. The van der Waals surface area contributed by atoms with Crippen molar-refractivity contribution in [3.05, 3.63) is 48.3 Å². The van der Waals surface area contributed by atoms with Gasteiger partial charge in [-0.15, -0.1) is 10.2 Å². The van der Waals surface area contributed by atoms with E-state index in [4.69, 9.17) is 10.2 Å². The van der Waals surface area contributed by atoms with E-state index in [9.17, 15) is 4.79 Å². The van der Waals surface area contributed by atoms with E-state index in [1.165, 1.54) is 0 Å². The molecule has 1 atom stereocenters. The Labute approximate surface area is 180 Å². The Morgan fingerprint density at radius 2 is 1.87 bits per heavy atom. The van der Waals surface area contributed by atoms with Crippen molar-refractivity contribution in [2.24, 2.45) is 5.92 Å². The van der Waals surface area contributed by atoms with Crippen molar-refractivity contribution in [1.82, 2.24) is 25.5 Å². The van der Waals surface area contributed by atoms with Gasteiger partial charge in [0.1, 0.15) is 0 Å². The van der Waals surface area contributed by atoms with E-state index in [2.05, 4.69) is 25.5 Å². The number of nitrogens with zero attached hydrogens (tertiary/aromatic N) is 4. The molecule has 5 rings (SSSR count). The SMILES string of the molecule is Nc1ncc(C2=CC(C(=O)C3CCCC3)NCC2)nc1-c1nnc(-c2ccccc2)o1. The number of rotatable bonds is 5. The topological polar surface area (TPSA) is 120 Å². The molecule has 0 amide bonds. The maximum Gasteiger partial charge on any atom is 0.270 e. The summed E-state index contributed by atoms with van der Waals surface area (Å²) >= 11 is 0. The molecule has 2 aromatic heterocycles. The molecule has 0 bridgehead atoms. The molecule has 158 valence electrons. The quantitative estimate of drug-likeness (QED) is 0.650. The minimum absolute atomic E-state index is 0.163. The molecule has 2 aliphatic rings. The Bertz CT molecular complexity index is 1120. The lowest BCUT2D eigenvalue weighted by molar-refractivity contribution is -0.123. The van der Waals surface area contributed by atoms with Gasteiger partial charge in [0.2, 0.25) is 5.89 Å². The number of anilines is 1. The molecule has 8 heteroatoms. The van der Waals surface area contributed by atoms with Crippen LogP contribution in [0.2, 0.25) is 0 Å². The fourth-order valence-electron chi connectivity index (χ4n) is 4.29. The summed E-state index contributed by atoms with van der Waals surface area (Å²) in [6, 6.07) is 9.24. The van der Waals surface area contributed by atoms with Crippen molar-refractivity contribution in [2.45, 2.75) is 38.1 Å². The summed E-state index contributed by atoms with van der Waals surface area (Å²) in [5, 5.41) is 11.6. The summed E-state index contributed by atoms with van der Waals surface area (Å²) in [4.78, 5) is 21.8. The first-order valence-corrected chi connectivity index (χ1v) is 10.7. The highest BCUT2D eigenvalue weighted by atomic mass is 16.4. The number of carbonyl (C=O) groups is 1. The van der Waals surface area contributed by atoms with Gasteiger partial charge in [-0.1, -0.05) is 37.1 Å². The molecule has 1 aliphatic carbocycles. The Kier molecular flexibility index (Phi) is 5.30. The maximum atomic E-state index is 12.9. The summed E-state index contributed by atoms with van der Waals surface area (Å²) in [5.74, 6) is 1.28. The van der Waals surface area contributed by atoms with Crippen molar-refractivity contribution in [3.8, 4) is 23.0 Å². The smallest absolute Gasteiger partial charge is 0.270 e. The lowest BCUT2D eigenvalue weighted by atomic mass is 9.92. The third kappa shape index (κ3) is 3.98. The molecule has 0 spiro atoms. The minimum Gasteiger partial charge on any atom is -0.414 e. The number of aromatic nitrogens is 4. The number of hydrogen-bond acceptors (Lipinski definition) is 8. The Balaban J connectivity index is 1.43. The van der Waals surface area contributed by atoms with Crippen molar-refractivity contribution >= 4 is 17.2 Å². The van der Waals surface area contributed by atoms with Crippen LogP contribution < -0.4 is 11.1 Å². The summed E-state index contributed by atoms with van der Waals surface area (Å²) < 4.78 is 5.82. The molecule has 1 unspecified atom stereocenters. The van der Waals surface area contributed by atoms with Crippen LogP contribution in [0.1, 0.15) is 37.8 Å². The van der Waals surface area contributed by atoms with E-state index < -0.39 is 0 Å². The number of Topliss-reactive ketones (excluding diaryl/α,β-unsaturated/α-hetero) is 1. The lowest BCUT2D eigenvalue weighted by Crippen LogP contribution is -2.41. The third-order valence-corrected chi connectivity index (χ3v) is 5.97. The summed E-state index contributed by atoms with van der Waals surface area (Å²) in [7, 11) is 0. The van der Waals surface area contributed by atoms with Crippen LogP contribution in [0, 0.1) is 5.92 Å². The molecule has 3 N–H and O–H groups in total. The molecular formula is C23H24N6O2. The fourth-order valence-corrected chi connectivity index (χ4v) is 4.29. The molecule has 1 aliphatic heterocycles. The first kappa shape index (κ1) is 19.6. The van der Waals surface area contributed by atoms with Gasteiger partial charge in [-0.05, 0) is 37.0 Å². The Morgan fingerprint density at radius 1 is 1.10 bits per heavy atom. The molecular weight excluding hydrogens is 392 g/mol. The number of ketones is 1. The van der Waals surface area contributed by atoms with Crippen LogP contribution in [-0.4, -0.2) is 38.5 Å². The maximum absolute atomic E-state index is 12.9. The first-order chi connectivity index (χ1) is 15.2. The summed E-state index contributed by atoms with van der Waals surface area (Å²) in [5.41, 5.74) is 8.89. The standard InChI is InChI=1S/C23H24N6O2/c24-21-19(23-29-28-22(31-23)15-8-2-1-3-9-15)27-18(13-26-21)16-10-11-25-17(12-16)20(30)14-6-4-5-7-14/h1-3,8-9,12-14,17,25H,4-7,10-11H2,(H2,24,26). The number of nitrogens with two attached hydrogens (primary N) is 1. The number of nitrogen functional groups attached to an aromatic ring is 1. The molecule has 1 aromatic carbocycles. The van der Waals surface area contributed by atoms with Gasteiger partial charge in [0.05, 0.1) is 17.9 Å². The van der Waals surface area contributed by atoms with Gasteiger partial charge >= 0.3 is 0 Å². The largest absolute Gasteiger partial charge is 0.414 e. The molecule has 0 saturated heterocycles. The highest BCUT2D eigenvalue weighted by Crippen LogP contribution is 2.30. The lowest BCUT2D eigenvalue weighted by Gasteiger charge is -2.24. The normalized spacial score (nSPS) is 19.4. The second kappa shape index (κ2) is 8.39. The number of nitrogens with one attached hydrogen (secondary N) is 1. The summed E-state index contributed by atoms with van der Waals surface area (Å²) in [6.07, 6.45) is 8.65. The monoisotopic (exact) mass is 416 g/mol. The van der Waals surface area contributed by atoms with E-state index in [0.717, 1.165) is 49.8 Å². The van der Waals surface area contributed by atoms with Gasteiger partial charge in [-0.2, -0.15) is 0 Å². The molecule has 31 heavy (non-hydrogen) atoms. The fraction of sp³-hybridized carbons (Fsp3) is 0.348. The first-order valence-electron chi connectivity index (χ1n) is 10.7. The van der Waals surface area contributed by atoms with Crippen LogP contribution in [0.15, 0.2) is 47.0 Å². The predicted molar refractivity (Wildman–Crippen MR) is 117 cm³/mol. The van der Waals surface area contributed by atoms with Gasteiger partial charge in [0.25, 0.3) is 5.89 Å². The van der Waals surface area contributed by atoms with Crippen LogP contribution in [0.4, 0.5) is 5.82 Å². The molecule has 0 radical (unpaired) electrons. The van der Waals surface area contributed by atoms with Crippen molar-refractivity contribution in [2.75, 3.05) is 12.3 Å². The summed E-state index contributed by atoms with van der Waals surface area (Å²) in [6.45, 7) is 0.717. The van der Waals surface area contributed by atoms with Gasteiger partial charge in [-0.3, -0.25) is 4.79 Å². The number of hydrogen-bond donors (Lipinski definition) is 2. The van der Waals surface area contributed by atoms with E-state index in [1.54, 1.807) is 6.20 Å².